The molecule has 1 fully saturated rings. The van der Waals surface area contributed by atoms with Gasteiger partial charge in [0.15, 0.2) is 11.6 Å². The van der Waals surface area contributed by atoms with Crippen LogP contribution in [0.5, 0.6) is 0 Å². The van der Waals surface area contributed by atoms with E-state index in [1.807, 2.05) is 0 Å². The average molecular weight is 253 g/mol. The molecule has 0 aromatic heterocycles. The second-order valence-corrected chi connectivity index (χ2v) is 4.86. The molecule has 0 bridgehead atoms. The zero-order chi connectivity index (χ0) is 13.0. The minimum Gasteiger partial charge on any atom is -0.317 e. The van der Waals surface area contributed by atoms with Crippen LogP contribution in [-0.2, 0) is 11.2 Å². The van der Waals surface area contributed by atoms with E-state index in [1.165, 1.54) is 6.07 Å². The largest absolute Gasteiger partial charge is 0.317 e. The predicted octanol–water partition coefficient (Wildman–Crippen LogP) is 2.47. The Balaban J connectivity index is 1.88. The van der Waals surface area contributed by atoms with Crippen LogP contribution in [0.4, 0.5) is 8.78 Å². The summed E-state index contributed by atoms with van der Waals surface area (Å²) in [6, 6.07) is 3.65. The van der Waals surface area contributed by atoms with Gasteiger partial charge in [-0.3, -0.25) is 4.79 Å². The number of rotatable bonds is 4. The number of carbonyl (C=O) groups is 1. The second kappa shape index (κ2) is 6.05. The minimum atomic E-state index is -0.887. The van der Waals surface area contributed by atoms with Gasteiger partial charge in [-0.25, -0.2) is 8.78 Å². The van der Waals surface area contributed by atoms with Gasteiger partial charge >= 0.3 is 0 Å². The van der Waals surface area contributed by atoms with Crippen LogP contribution in [0.3, 0.4) is 0 Å². The van der Waals surface area contributed by atoms with Crippen molar-refractivity contribution in [3.8, 4) is 0 Å². The summed E-state index contributed by atoms with van der Waals surface area (Å²) < 4.78 is 25.7. The number of hydrogen-bond donors (Lipinski definition) is 1. The standard InChI is InChI=1S/C14H17F2NO/c15-13-2-1-11(9-14(13)16)8-12(18)7-10-3-5-17-6-4-10/h1-2,9-10,17H,3-8H2. The lowest BCUT2D eigenvalue weighted by molar-refractivity contribution is -0.119. The monoisotopic (exact) mass is 253 g/mol. The number of halogens is 2. The van der Waals surface area contributed by atoms with Gasteiger partial charge in [0.2, 0.25) is 0 Å². The smallest absolute Gasteiger partial charge is 0.159 e. The molecule has 0 amide bonds. The van der Waals surface area contributed by atoms with Gasteiger partial charge in [0.05, 0.1) is 0 Å². The van der Waals surface area contributed by atoms with Crippen LogP contribution in [0, 0.1) is 17.6 Å². The maximum Gasteiger partial charge on any atom is 0.159 e. The molecule has 1 aliphatic heterocycles. The molecule has 18 heavy (non-hydrogen) atoms. The molecule has 1 aliphatic rings. The molecule has 1 aromatic carbocycles. The molecule has 1 aromatic rings. The van der Waals surface area contributed by atoms with Crippen LogP contribution in [0.15, 0.2) is 18.2 Å². The molecule has 4 heteroatoms. The van der Waals surface area contributed by atoms with Gasteiger partial charge < -0.3 is 5.32 Å². The van der Waals surface area contributed by atoms with E-state index in [2.05, 4.69) is 5.32 Å². The quantitative estimate of drug-likeness (QED) is 0.893. The molecule has 98 valence electrons. The number of hydrogen-bond acceptors (Lipinski definition) is 2. The molecule has 0 radical (unpaired) electrons. The number of nitrogens with one attached hydrogen (secondary N) is 1. The number of carbonyl (C=O) groups excluding carboxylic acids is 1. The Hall–Kier alpha value is -1.29. The van der Waals surface area contributed by atoms with Crippen molar-refractivity contribution in [3.05, 3.63) is 35.4 Å². The molecule has 0 aliphatic carbocycles. The van der Waals surface area contributed by atoms with Crippen LogP contribution in [0.1, 0.15) is 24.8 Å². The van der Waals surface area contributed by atoms with E-state index >= 15 is 0 Å². The fourth-order valence-corrected chi connectivity index (χ4v) is 2.36. The summed E-state index contributed by atoms with van der Waals surface area (Å²) in [5.74, 6) is -1.22. The summed E-state index contributed by atoms with van der Waals surface area (Å²) in [5.41, 5.74) is 0.549. The van der Waals surface area contributed by atoms with Crippen LogP contribution < -0.4 is 5.32 Å². The fraction of sp³-hybridized carbons (Fsp3) is 0.500. The zero-order valence-electron chi connectivity index (χ0n) is 10.2. The first-order valence-electron chi connectivity index (χ1n) is 6.31. The molecule has 0 unspecified atom stereocenters. The van der Waals surface area contributed by atoms with Crippen LogP contribution in [-0.4, -0.2) is 18.9 Å². The van der Waals surface area contributed by atoms with Crippen LogP contribution in [0.25, 0.3) is 0 Å². The van der Waals surface area contributed by atoms with E-state index in [4.69, 9.17) is 0 Å². The van der Waals surface area contributed by atoms with Gasteiger partial charge in [0.1, 0.15) is 5.78 Å². The Morgan fingerprint density at radius 2 is 1.94 bits per heavy atom. The number of benzene rings is 1. The van der Waals surface area contributed by atoms with Crippen molar-refractivity contribution < 1.29 is 13.6 Å². The molecule has 1 heterocycles. The lowest BCUT2D eigenvalue weighted by Gasteiger charge is -2.21. The van der Waals surface area contributed by atoms with Gasteiger partial charge in [-0.05, 0) is 49.5 Å². The second-order valence-electron chi connectivity index (χ2n) is 4.86. The van der Waals surface area contributed by atoms with Gasteiger partial charge in [-0.2, -0.15) is 0 Å². The SMILES string of the molecule is O=C(Cc1ccc(F)c(F)c1)CC1CCNCC1. The van der Waals surface area contributed by atoms with Crippen LogP contribution >= 0.6 is 0 Å². The Bertz CT molecular complexity index is 428. The third-order valence-electron chi connectivity index (χ3n) is 3.36. The number of piperidine rings is 1. The molecule has 0 saturated carbocycles. The predicted molar refractivity (Wildman–Crippen MR) is 65.3 cm³/mol. The Labute approximate surface area is 105 Å². The van der Waals surface area contributed by atoms with Crippen molar-refractivity contribution in [2.75, 3.05) is 13.1 Å². The molecular formula is C14H17F2NO. The summed E-state index contributed by atoms with van der Waals surface area (Å²) >= 11 is 0. The highest BCUT2D eigenvalue weighted by Crippen LogP contribution is 2.18. The average Bonchev–Trinajstić information content (AvgIpc) is 2.35. The van der Waals surface area contributed by atoms with Crippen LogP contribution in [0.2, 0.25) is 0 Å². The summed E-state index contributed by atoms with van der Waals surface area (Å²) in [6.07, 6.45) is 2.77. The van der Waals surface area contributed by atoms with E-state index in [9.17, 15) is 13.6 Å². The first-order valence-corrected chi connectivity index (χ1v) is 6.31. The van der Waals surface area contributed by atoms with Crippen molar-refractivity contribution in [2.24, 2.45) is 5.92 Å². The molecule has 2 rings (SSSR count). The first kappa shape index (κ1) is 13.1. The van der Waals surface area contributed by atoms with Gasteiger partial charge in [-0.15, -0.1) is 0 Å². The highest BCUT2D eigenvalue weighted by Gasteiger charge is 2.17. The van der Waals surface area contributed by atoms with E-state index in [-0.39, 0.29) is 12.2 Å². The highest BCUT2D eigenvalue weighted by atomic mass is 19.2. The number of Topliss-reactive ketones (excluding diaryl/α,β-unsaturated/α-hetero) is 1. The maximum atomic E-state index is 13.0. The number of ketones is 1. The van der Waals surface area contributed by atoms with Gasteiger partial charge in [0.25, 0.3) is 0 Å². The van der Waals surface area contributed by atoms with Crippen molar-refractivity contribution in [2.45, 2.75) is 25.7 Å². The first-order chi connectivity index (χ1) is 8.65. The molecule has 0 atom stereocenters. The van der Waals surface area contributed by atoms with E-state index in [1.54, 1.807) is 0 Å². The zero-order valence-corrected chi connectivity index (χ0v) is 10.2. The molecule has 2 nitrogen and oxygen atoms in total. The summed E-state index contributed by atoms with van der Waals surface area (Å²) in [4.78, 5) is 11.8. The maximum absolute atomic E-state index is 13.0. The van der Waals surface area contributed by atoms with E-state index in [0.29, 0.717) is 17.9 Å². The van der Waals surface area contributed by atoms with Gasteiger partial charge in [-0.1, -0.05) is 6.07 Å². The van der Waals surface area contributed by atoms with E-state index < -0.39 is 11.6 Å². The van der Waals surface area contributed by atoms with Crippen molar-refractivity contribution in [3.63, 3.8) is 0 Å². The van der Waals surface area contributed by atoms with Gasteiger partial charge in [0, 0.05) is 12.8 Å². The summed E-state index contributed by atoms with van der Waals surface area (Å²) in [6.45, 7) is 1.92. The third-order valence-corrected chi connectivity index (χ3v) is 3.36. The third kappa shape index (κ3) is 3.60. The summed E-state index contributed by atoms with van der Waals surface area (Å²) in [5, 5.41) is 3.25. The van der Waals surface area contributed by atoms with Crippen molar-refractivity contribution in [1.29, 1.82) is 0 Å². The molecule has 1 N–H and O–H groups in total. The highest BCUT2D eigenvalue weighted by molar-refractivity contribution is 5.81. The van der Waals surface area contributed by atoms with E-state index in [0.717, 1.165) is 38.1 Å². The molecular weight excluding hydrogens is 236 g/mol. The Morgan fingerprint density at radius 3 is 2.61 bits per heavy atom. The topological polar surface area (TPSA) is 29.1 Å². The Kier molecular flexibility index (Phi) is 4.42. The normalized spacial score (nSPS) is 16.8. The fourth-order valence-electron chi connectivity index (χ4n) is 2.36. The van der Waals surface area contributed by atoms with Crippen molar-refractivity contribution in [1.82, 2.24) is 5.32 Å². The summed E-state index contributed by atoms with van der Waals surface area (Å²) in [7, 11) is 0. The molecule has 0 spiro atoms. The Morgan fingerprint density at radius 1 is 1.22 bits per heavy atom. The van der Waals surface area contributed by atoms with Crippen molar-refractivity contribution >= 4 is 5.78 Å². The lowest BCUT2D eigenvalue weighted by atomic mass is 9.91. The minimum absolute atomic E-state index is 0.105. The molecule has 1 saturated heterocycles. The lowest BCUT2D eigenvalue weighted by Crippen LogP contribution is -2.29.